The van der Waals surface area contributed by atoms with E-state index in [-0.39, 0.29) is 18.0 Å². The summed E-state index contributed by atoms with van der Waals surface area (Å²) in [6.45, 7) is 8.37. The second-order valence-corrected chi connectivity index (χ2v) is 5.35. The molecule has 2 N–H and O–H groups in total. The van der Waals surface area contributed by atoms with Gasteiger partial charge in [0.15, 0.2) is 0 Å². The predicted octanol–water partition coefficient (Wildman–Crippen LogP) is 1.54. The third kappa shape index (κ3) is 3.35. The van der Waals surface area contributed by atoms with Gasteiger partial charge in [-0.3, -0.25) is 0 Å². The first kappa shape index (κ1) is 13.8. The molecule has 1 fully saturated rings. The number of hydrogen-bond acceptors (Lipinski definition) is 2. The summed E-state index contributed by atoms with van der Waals surface area (Å²) in [7, 11) is 0. The molecule has 1 aliphatic heterocycles. The van der Waals surface area contributed by atoms with E-state index in [2.05, 4.69) is 12.2 Å². The molecule has 1 aliphatic rings. The number of nitrogens with zero attached hydrogens (tertiary/aromatic N) is 1. The Morgan fingerprint density at radius 1 is 1.35 bits per heavy atom. The lowest BCUT2D eigenvalue weighted by Crippen LogP contribution is -2.51. The molecule has 3 atom stereocenters. The lowest BCUT2D eigenvalue weighted by atomic mass is 10.1. The molecule has 2 amide bonds. The molecule has 5 nitrogen and oxygen atoms in total. The molecular formula is C12H22N2O3. The number of aliphatic carboxylic acids is 1. The number of likely N-dealkylation sites (tertiary alicyclic amines) is 1. The Morgan fingerprint density at radius 2 is 1.94 bits per heavy atom. The zero-order valence-electron chi connectivity index (χ0n) is 10.9. The highest BCUT2D eigenvalue weighted by Crippen LogP contribution is 2.22. The van der Waals surface area contributed by atoms with Gasteiger partial charge in [-0.2, -0.15) is 0 Å². The van der Waals surface area contributed by atoms with Crippen molar-refractivity contribution in [3.63, 3.8) is 0 Å². The van der Waals surface area contributed by atoms with Gasteiger partial charge in [-0.25, -0.2) is 9.59 Å². The molecule has 0 spiro atoms. The molecule has 98 valence electrons. The molecule has 0 aromatic carbocycles. The van der Waals surface area contributed by atoms with Crippen LogP contribution in [0.4, 0.5) is 4.79 Å². The lowest BCUT2D eigenvalue weighted by molar-refractivity contribution is -0.140. The van der Waals surface area contributed by atoms with Crippen molar-refractivity contribution in [1.29, 1.82) is 0 Å². The number of carbonyl (C=O) groups is 2. The quantitative estimate of drug-likeness (QED) is 0.788. The Balaban J connectivity index is 2.62. The maximum absolute atomic E-state index is 12.0. The Kier molecular flexibility index (Phi) is 4.37. The minimum Gasteiger partial charge on any atom is -0.480 e. The SMILES string of the molecule is CC1CC(C)N(C(=O)N[C@@H](C(=O)O)C(C)C)C1. The van der Waals surface area contributed by atoms with Gasteiger partial charge in [-0.15, -0.1) is 0 Å². The van der Waals surface area contributed by atoms with Crippen LogP contribution in [0.25, 0.3) is 0 Å². The van der Waals surface area contributed by atoms with E-state index in [1.807, 2.05) is 6.92 Å². The van der Waals surface area contributed by atoms with Crippen LogP contribution in [0.3, 0.4) is 0 Å². The molecule has 0 aromatic heterocycles. The highest BCUT2D eigenvalue weighted by Gasteiger charge is 2.32. The number of carboxylic acid groups (broad SMARTS) is 1. The lowest BCUT2D eigenvalue weighted by Gasteiger charge is -2.25. The Bertz CT molecular complexity index is 304. The minimum atomic E-state index is -0.978. The molecule has 0 aliphatic carbocycles. The van der Waals surface area contributed by atoms with E-state index in [9.17, 15) is 9.59 Å². The molecule has 17 heavy (non-hydrogen) atoms. The van der Waals surface area contributed by atoms with E-state index in [4.69, 9.17) is 5.11 Å². The van der Waals surface area contributed by atoms with Crippen molar-refractivity contribution < 1.29 is 14.7 Å². The van der Waals surface area contributed by atoms with E-state index < -0.39 is 12.0 Å². The van der Waals surface area contributed by atoms with Crippen molar-refractivity contribution in [2.75, 3.05) is 6.54 Å². The first-order valence-corrected chi connectivity index (χ1v) is 6.12. The van der Waals surface area contributed by atoms with Crippen LogP contribution in [-0.4, -0.2) is 40.6 Å². The van der Waals surface area contributed by atoms with Gasteiger partial charge < -0.3 is 15.3 Å². The standard InChI is InChI=1S/C12H22N2O3/c1-7(2)10(11(15)16)13-12(17)14-6-8(3)5-9(14)4/h7-10H,5-6H2,1-4H3,(H,13,17)(H,15,16)/t8?,9?,10-/m1/s1. The van der Waals surface area contributed by atoms with Crippen molar-refractivity contribution in [2.45, 2.75) is 46.2 Å². The maximum Gasteiger partial charge on any atom is 0.326 e. The molecule has 0 radical (unpaired) electrons. The summed E-state index contributed by atoms with van der Waals surface area (Å²) in [4.78, 5) is 24.7. The van der Waals surface area contributed by atoms with Gasteiger partial charge in [-0.1, -0.05) is 20.8 Å². The second kappa shape index (κ2) is 5.38. The Morgan fingerprint density at radius 3 is 2.29 bits per heavy atom. The third-order valence-electron chi connectivity index (χ3n) is 3.26. The molecule has 2 unspecified atom stereocenters. The topological polar surface area (TPSA) is 69.6 Å². The average molecular weight is 242 g/mol. The van der Waals surface area contributed by atoms with Crippen molar-refractivity contribution in [2.24, 2.45) is 11.8 Å². The number of carbonyl (C=O) groups excluding carboxylic acids is 1. The molecule has 0 saturated carbocycles. The monoisotopic (exact) mass is 242 g/mol. The Hall–Kier alpha value is -1.26. The summed E-state index contributed by atoms with van der Waals surface area (Å²) >= 11 is 0. The predicted molar refractivity (Wildman–Crippen MR) is 64.7 cm³/mol. The van der Waals surface area contributed by atoms with E-state index in [1.54, 1.807) is 18.7 Å². The van der Waals surface area contributed by atoms with Gasteiger partial charge in [0.1, 0.15) is 6.04 Å². The van der Waals surface area contributed by atoms with Crippen molar-refractivity contribution in [3.05, 3.63) is 0 Å². The average Bonchev–Trinajstić information content (AvgIpc) is 2.53. The number of rotatable bonds is 3. The number of nitrogens with one attached hydrogen (secondary N) is 1. The van der Waals surface area contributed by atoms with Gasteiger partial charge in [0.2, 0.25) is 0 Å². The zero-order valence-corrected chi connectivity index (χ0v) is 10.9. The van der Waals surface area contributed by atoms with Gasteiger partial charge in [0.25, 0.3) is 0 Å². The largest absolute Gasteiger partial charge is 0.480 e. The second-order valence-electron chi connectivity index (χ2n) is 5.35. The van der Waals surface area contributed by atoms with Gasteiger partial charge in [0.05, 0.1) is 0 Å². The maximum atomic E-state index is 12.0. The first-order chi connectivity index (χ1) is 7.82. The van der Waals surface area contributed by atoms with Crippen LogP contribution in [-0.2, 0) is 4.79 Å². The van der Waals surface area contributed by atoms with E-state index in [0.717, 1.165) is 6.42 Å². The zero-order chi connectivity index (χ0) is 13.2. The van der Waals surface area contributed by atoms with Crippen LogP contribution in [0, 0.1) is 11.8 Å². The summed E-state index contributed by atoms with van der Waals surface area (Å²) < 4.78 is 0. The summed E-state index contributed by atoms with van der Waals surface area (Å²) in [5.74, 6) is -0.613. The van der Waals surface area contributed by atoms with E-state index in [0.29, 0.717) is 12.5 Å². The van der Waals surface area contributed by atoms with Gasteiger partial charge in [0, 0.05) is 12.6 Å². The van der Waals surface area contributed by atoms with Crippen LogP contribution in [0.5, 0.6) is 0 Å². The summed E-state index contributed by atoms with van der Waals surface area (Å²) in [6, 6.07) is -0.889. The van der Waals surface area contributed by atoms with E-state index >= 15 is 0 Å². The number of hydrogen-bond donors (Lipinski definition) is 2. The summed E-state index contributed by atoms with van der Waals surface area (Å²) in [5.41, 5.74) is 0. The molecule has 0 aromatic rings. The first-order valence-electron chi connectivity index (χ1n) is 6.12. The van der Waals surface area contributed by atoms with Crippen molar-refractivity contribution in [1.82, 2.24) is 10.2 Å². The van der Waals surface area contributed by atoms with Crippen molar-refractivity contribution in [3.8, 4) is 0 Å². The fourth-order valence-corrected chi connectivity index (χ4v) is 2.31. The molecule has 5 heteroatoms. The third-order valence-corrected chi connectivity index (χ3v) is 3.26. The summed E-state index contributed by atoms with van der Waals surface area (Å²) in [5, 5.41) is 11.6. The van der Waals surface area contributed by atoms with Crippen LogP contribution >= 0.6 is 0 Å². The smallest absolute Gasteiger partial charge is 0.326 e. The highest BCUT2D eigenvalue weighted by molar-refractivity contribution is 5.83. The van der Waals surface area contributed by atoms with Crippen LogP contribution in [0.15, 0.2) is 0 Å². The van der Waals surface area contributed by atoms with Crippen LogP contribution < -0.4 is 5.32 Å². The number of urea groups is 1. The molecule has 0 bridgehead atoms. The number of amides is 2. The number of carboxylic acids is 1. The molecule has 1 heterocycles. The molecule has 1 rings (SSSR count). The van der Waals surface area contributed by atoms with Crippen molar-refractivity contribution >= 4 is 12.0 Å². The normalized spacial score (nSPS) is 26.1. The highest BCUT2D eigenvalue weighted by atomic mass is 16.4. The fourth-order valence-electron chi connectivity index (χ4n) is 2.31. The van der Waals surface area contributed by atoms with Gasteiger partial charge in [-0.05, 0) is 25.2 Å². The molecule has 1 saturated heterocycles. The van der Waals surface area contributed by atoms with Gasteiger partial charge >= 0.3 is 12.0 Å². The Labute approximate surface area is 102 Å². The minimum absolute atomic E-state index is 0.119. The summed E-state index contributed by atoms with van der Waals surface area (Å²) in [6.07, 6.45) is 0.979. The van der Waals surface area contributed by atoms with Crippen LogP contribution in [0.2, 0.25) is 0 Å². The fraction of sp³-hybridized carbons (Fsp3) is 0.833. The van der Waals surface area contributed by atoms with E-state index in [1.165, 1.54) is 0 Å². The molecular weight excluding hydrogens is 220 g/mol. The van der Waals surface area contributed by atoms with Crippen LogP contribution in [0.1, 0.15) is 34.1 Å².